The molecular formula is C8H30BrN3O2. The minimum atomic E-state index is 0. The molecule has 5 nitrogen and oxygen atoms in total. The van der Waals surface area contributed by atoms with E-state index in [-0.39, 0.29) is 48.6 Å². The third kappa shape index (κ3) is 85.3. The summed E-state index contributed by atoms with van der Waals surface area (Å²) in [6, 6.07) is 0. The van der Waals surface area contributed by atoms with Crippen LogP contribution in [0, 0.1) is 11.8 Å². The maximum absolute atomic E-state index is 9.63. The predicted molar refractivity (Wildman–Crippen MR) is 57.4 cm³/mol. The van der Waals surface area contributed by atoms with Crippen molar-refractivity contribution in [3.8, 4) is 0 Å². The van der Waals surface area contributed by atoms with Crippen LogP contribution in [0.3, 0.4) is 0 Å². The normalized spacial score (nSPS) is 6.86. The van der Waals surface area contributed by atoms with Crippen LogP contribution in [0.1, 0.15) is 27.7 Å². The van der Waals surface area contributed by atoms with E-state index in [1.165, 1.54) is 0 Å². The molecule has 96 valence electrons. The van der Waals surface area contributed by atoms with Crippen molar-refractivity contribution in [3.05, 3.63) is 0 Å². The Balaban J connectivity index is -0.0000000178. The van der Waals surface area contributed by atoms with Crippen LogP contribution in [-0.4, -0.2) is 13.2 Å². The minimum Gasteiger partial charge on any atom is -1.00 e. The maximum Gasteiger partial charge on any atom is -0.0625 e. The first-order chi connectivity index (χ1) is 4.54. The van der Waals surface area contributed by atoms with Gasteiger partial charge in [-0.3, -0.25) is 0 Å². The van der Waals surface area contributed by atoms with Gasteiger partial charge in [-0.05, 0) is 0 Å². The lowest BCUT2D eigenvalue weighted by Crippen LogP contribution is -3.00. The SMILES string of the molecule is CC(C)C[O-].CC(C)C[O-].[Br-].[NH4+].[NH4+].[NH4+]. The van der Waals surface area contributed by atoms with Crippen LogP contribution < -0.4 is 45.6 Å². The van der Waals surface area contributed by atoms with Gasteiger partial charge in [-0.1, -0.05) is 39.5 Å². The zero-order chi connectivity index (χ0) is 8.57. The molecule has 14 heavy (non-hydrogen) atoms. The molecule has 0 spiro atoms. The lowest BCUT2D eigenvalue weighted by molar-refractivity contribution is -0.377. The van der Waals surface area contributed by atoms with Crippen molar-refractivity contribution in [2.75, 3.05) is 13.2 Å². The summed E-state index contributed by atoms with van der Waals surface area (Å²) >= 11 is 0. The molecule has 0 aliphatic rings. The van der Waals surface area contributed by atoms with Gasteiger partial charge in [0.25, 0.3) is 0 Å². The van der Waals surface area contributed by atoms with E-state index < -0.39 is 0 Å². The van der Waals surface area contributed by atoms with Gasteiger partial charge in [0.05, 0.1) is 0 Å². The second-order valence-electron chi connectivity index (χ2n) is 3.12. The molecule has 0 amide bonds. The largest absolute Gasteiger partial charge is 1.00 e. The molecule has 0 aromatic heterocycles. The fourth-order valence-corrected chi connectivity index (χ4v) is 0. The van der Waals surface area contributed by atoms with Crippen LogP contribution in [0.4, 0.5) is 0 Å². The Hall–Kier alpha value is 0.280. The molecule has 0 heterocycles. The highest BCUT2D eigenvalue weighted by molar-refractivity contribution is 4.31. The summed E-state index contributed by atoms with van der Waals surface area (Å²) in [5.74, 6) is 0.657. The smallest absolute Gasteiger partial charge is 0.0625 e. The first-order valence-electron chi connectivity index (χ1n) is 3.70. The Bertz CT molecular complexity index is 58.5. The van der Waals surface area contributed by atoms with Gasteiger partial charge in [0.2, 0.25) is 0 Å². The topological polar surface area (TPSA) is 156 Å². The second kappa shape index (κ2) is 29.2. The molecule has 0 aliphatic heterocycles. The van der Waals surface area contributed by atoms with E-state index >= 15 is 0 Å². The van der Waals surface area contributed by atoms with Crippen LogP contribution in [0.15, 0.2) is 0 Å². The van der Waals surface area contributed by atoms with E-state index in [2.05, 4.69) is 0 Å². The summed E-state index contributed by atoms with van der Waals surface area (Å²) in [7, 11) is 0. The fourth-order valence-electron chi connectivity index (χ4n) is 0. The number of rotatable bonds is 2. The minimum absolute atomic E-state index is 0. The van der Waals surface area contributed by atoms with Crippen LogP contribution in [-0.2, 0) is 0 Å². The van der Waals surface area contributed by atoms with Crippen LogP contribution in [0.5, 0.6) is 0 Å². The quantitative estimate of drug-likeness (QED) is 0.542. The second-order valence-corrected chi connectivity index (χ2v) is 3.12. The molecule has 0 aromatic carbocycles. The van der Waals surface area contributed by atoms with Crippen molar-refractivity contribution in [2.24, 2.45) is 11.8 Å². The Morgan fingerprint density at radius 1 is 0.714 bits per heavy atom. The van der Waals surface area contributed by atoms with E-state index in [0.29, 0.717) is 11.8 Å². The summed E-state index contributed by atoms with van der Waals surface area (Å²) in [6.07, 6.45) is 0. The van der Waals surface area contributed by atoms with Crippen molar-refractivity contribution in [1.29, 1.82) is 0 Å². The van der Waals surface area contributed by atoms with E-state index in [1.807, 2.05) is 27.7 Å². The zero-order valence-electron chi connectivity index (χ0n) is 10.8. The van der Waals surface area contributed by atoms with Crippen LogP contribution in [0.2, 0.25) is 0 Å². The van der Waals surface area contributed by atoms with E-state index in [1.54, 1.807) is 0 Å². The summed E-state index contributed by atoms with van der Waals surface area (Å²) in [5.41, 5.74) is 0. The molecule has 0 radical (unpaired) electrons. The van der Waals surface area contributed by atoms with E-state index in [4.69, 9.17) is 0 Å². The molecule has 0 unspecified atom stereocenters. The molecule has 12 N–H and O–H groups in total. The molecule has 0 fully saturated rings. The highest BCUT2D eigenvalue weighted by Gasteiger charge is 1.73. The molecule has 0 aliphatic carbocycles. The molecule has 0 aromatic rings. The first kappa shape index (κ1) is 36.7. The Morgan fingerprint density at radius 3 is 0.786 bits per heavy atom. The number of quaternary nitrogens is 3. The zero-order valence-corrected chi connectivity index (χ0v) is 12.3. The fraction of sp³-hybridized carbons (Fsp3) is 1.00. The van der Waals surface area contributed by atoms with Gasteiger partial charge in [0.1, 0.15) is 0 Å². The summed E-state index contributed by atoms with van der Waals surface area (Å²) in [4.78, 5) is 0. The summed E-state index contributed by atoms with van der Waals surface area (Å²) in [6.45, 7) is 7.75. The number of halogens is 1. The van der Waals surface area contributed by atoms with E-state index in [0.717, 1.165) is 0 Å². The summed E-state index contributed by atoms with van der Waals surface area (Å²) in [5, 5.41) is 19.3. The molecule has 0 rings (SSSR count). The molecule has 0 bridgehead atoms. The first-order valence-corrected chi connectivity index (χ1v) is 3.70. The van der Waals surface area contributed by atoms with Gasteiger partial charge in [-0.25, -0.2) is 0 Å². The molecule has 0 saturated carbocycles. The maximum atomic E-state index is 9.63. The number of hydrogen-bond donors (Lipinski definition) is 3. The van der Waals surface area contributed by atoms with Gasteiger partial charge in [0, 0.05) is 0 Å². The van der Waals surface area contributed by atoms with Crippen LogP contribution >= 0.6 is 0 Å². The highest BCUT2D eigenvalue weighted by Crippen LogP contribution is 1.81. The molecule has 0 saturated heterocycles. The van der Waals surface area contributed by atoms with Gasteiger partial charge in [-0.15, -0.1) is 13.2 Å². The lowest BCUT2D eigenvalue weighted by Gasteiger charge is -2.03. The Kier molecular flexibility index (Phi) is 76.6. The van der Waals surface area contributed by atoms with Crippen molar-refractivity contribution in [1.82, 2.24) is 18.5 Å². The molecule has 0 atom stereocenters. The average Bonchev–Trinajstić information content (AvgIpc) is 1.89. The lowest BCUT2D eigenvalue weighted by atomic mass is 10.2. The average molecular weight is 280 g/mol. The third-order valence-corrected chi connectivity index (χ3v) is 0.667. The van der Waals surface area contributed by atoms with Gasteiger partial charge in [-0.2, -0.15) is 0 Å². The van der Waals surface area contributed by atoms with Crippen LogP contribution in [0.25, 0.3) is 0 Å². The van der Waals surface area contributed by atoms with Gasteiger partial charge in [0.15, 0.2) is 0 Å². The van der Waals surface area contributed by atoms with Crippen molar-refractivity contribution < 1.29 is 27.2 Å². The predicted octanol–water partition coefficient (Wildman–Crippen LogP) is -1.86. The van der Waals surface area contributed by atoms with Crippen molar-refractivity contribution >= 4 is 0 Å². The van der Waals surface area contributed by atoms with Crippen molar-refractivity contribution in [3.63, 3.8) is 0 Å². The highest BCUT2D eigenvalue weighted by atomic mass is 79.9. The Labute approximate surface area is 98.8 Å². The summed E-state index contributed by atoms with van der Waals surface area (Å²) < 4.78 is 0. The molecule has 6 heteroatoms. The van der Waals surface area contributed by atoms with Gasteiger partial charge >= 0.3 is 0 Å². The number of hydrogen-bond acceptors (Lipinski definition) is 2. The monoisotopic (exact) mass is 279 g/mol. The van der Waals surface area contributed by atoms with Gasteiger partial charge < -0.3 is 45.6 Å². The van der Waals surface area contributed by atoms with Crippen molar-refractivity contribution in [2.45, 2.75) is 27.7 Å². The standard InChI is InChI=1S/2C4H9O.BrH.3H3N/c2*1-4(2)3-5;;;;/h2*4H,3H2,1-2H3;1H;3*1H3/q2*-1;;;;/p+2. The Morgan fingerprint density at radius 2 is 0.786 bits per heavy atom. The van der Waals surface area contributed by atoms with E-state index in [9.17, 15) is 10.2 Å². The third-order valence-electron chi connectivity index (χ3n) is 0.667. The molecular weight excluding hydrogens is 250 g/mol.